The minimum Gasteiger partial charge on any atom is -0.319 e. The number of hydrogen-bond donors (Lipinski definition) is 1. The van der Waals surface area contributed by atoms with Gasteiger partial charge in [0.2, 0.25) is 0 Å². The summed E-state index contributed by atoms with van der Waals surface area (Å²) in [5.41, 5.74) is 0.714. The summed E-state index contributed by atoms with van der Waals surface area (Å²) in [7, 11) is 0. The zero-order chi connectivity index (χ0) is 17.2. The highest BCUT2D eigenvalue weighted by atomic mass is 35.5. The zero-order valence-electron chi connectivity index (χ0n) is 13.5. The van der Waals surface area contributed by atoms with Gasteiger partial charge in [-0.3, -0.25) is 9.69 Å². The van der Waals surface area contributed by atoms with Crippen molar-refractivity contribution in [2.75, 3.05) is 0 Å². The number of imide groups is 1. The minimum absolute atomic E-state index is 0.199. The van der Waals surface area contributed by atoms with E-state index in [2.05, 4.69) is 5.32 Å². The monoisotopic (exact) mass is 342 g/mol. The molecule has 0 radical (unpaired) electrons. The Kier molecular flexibility index (Phi) is 4.58. The van der Waals surface area contributed by atoms with Gasteiger partial charge in [-0.2, -0.15) is 0 Å². The maximum absolute atomic E-state index is 13.1. The normalized spacial score (nSPS) is 20.3. The van der Waals surface area contributed by atoms with E-state index in [9.17, 15) is 9.59 Å². The molecule has 2 aromatic carbocycles. The fraction of sp³-hybridized carbons (Fsp3) is 0.263. The molecule has 3 rings (SSSR count). The third-order valence-electron chi connectivity index (χ3n) is 4.32. The molecule has 2 aromatic rings. The van der Waals surface area contributed by atoms with E-state index in [-0.39, 0.29) is 18.5 Å². The van der Waals surface area contributed by atoms with Crippen LogP contribution in [-0.2, 0) is 16.9 Å². The van der Waals surface area contributed by atoms with E-state index in [1.165, 1.54) is 4.90 Å². The predicted molar refractivity (Wildman–Crippen MR) is 93.6 cm³/mol. The molecule has 124 valence electrons. The number of halogens is 1. The van der Waals surface area contributed by atoms with Gasteiger partial charge in [-0.15, -0.1) is 0 Å². The number of benzene rings is 2. The third-order valence-corrected chi connectivity index (χ3v) is 4.57. The van der Waals surface area contributed by atoms with E-state index in [0.717, 1.165) is 17.5 Å². The number of rotatable bonds is 5. The highest BCUT2D eigenvalue weighted by Crippen LogP contribution is 2.34. The second-order valence-corrected chi connectivity index (χ2v) is 6.41. The molecule has 0 spiro atoms. The van der Waals surface area contributed by atoms with Crippen LogP contribution in [0.15, 0.2) is 54.6 Å². The molecule has 1 atom stereocenters. The van der Waals surface area contributed by atoms with Gasteiger partial charge in [-0.05, 0) is 29.7 Å². The Bertz CT molecular complexity index is 746. The molecule has 0 bridgehead atoms. The van der Waals surface area contributed by atoms with E-state index in [1.807, 2.05) is 49.4 Å². The number of carbonyl (C=O) groups excluding carboxylic acids is 2. The molecule has 3 amide bonds. The van der Waals surface area contributed by atoms with Gasteiger partial charge in [-0.25, -0.2) is 4.79 Å². The first-order chi connectivity index (χ1) is 11.6. The summed E-state index contributed by atoms with van der Waals surface area (Å²) < 4.78 is 0. The number of hydrogen-bond acceptors (Lipinski definition) is 2. The SMILES string of the molecule is CCC[C@]1(c2ccccc2)NC(=O)N(Cc2ccc(Cl)cc2)C1=O. The van der Waals surface area contributed by atoms with Gasteiger partial charge < -0.3 is 5.32 Å². The van der Waals surface area contributed by atoms with Crippen molar-refractivity contribution in [3.05, 3.63) is 70.7 Å². The quantitative estimate of drug-likeness (QED) is 0.832. The molecule has 1 N–H and O–H groups in total. The standard InChI is InChI=1S/C19H19ClN2O2/c1-2-12-19(15-6-4-3-5-7-15)17(23)22(18(24)21-19)13-14-8-10-16(20)11-9-14/h3-11H,2,12-13H2,1H3,(H,21,24)/t19-/m1/s1. The van der Waals surface area contributed by atoms with Gasteiger partial charge in [-0.1, -0.05) is 67.4 Å². The van der Waals surface area contributed by atoms with Crippen molar-refractivity contribution in [3.8, 4) is 0 Å². The lowest BCUT2D eigenvalue weighted by Crippen LogP contribution is -2.43. The van der Waals surface area contributed by atoms with Crippen LogP contribution in [0.5, 0.6) is 0 Å². The van der Waals surface area contributed by atoms with Crippen LogP contribution in [-0.4, -0.2) is 16.8 Å². The van der Waals surface area contributed by atoms with Crippen LogP contribution in [0, 0.1) is 0 Å². The van der Waals surface area contributed by atoms with Crippen molar-refractivity contribution in [2.24, 2.45) is 0 Å². The predicted octanol–water partition coefficient (Wildman–Crippen LogP) is 4.09. The Morgan fingerprint density at radius 3 is 2.33 bits per heavy atom. The summed E-state index contributed by atoms with van der Waals surface area (Å²) in [5.74, 6) is -0.199. The van der Waals surface area contributed by atoms with Crippen LogP contribution in [0.1, 0.15) is 30.9 Å². The second kappa shape index (κ2) is 6.65. The van der Waals surface area contributed by atoms with Crippen molar-refractivity contribution >= 4 is 23.5 Å². The van der Waals surface area contributed by atoms with Crippen molar-refractivity contribution in [1.82, 2.24) is 10.2 Å². The van der Waals surface area contributed by atoms with Crippen LogP contribution in [0.2, 0.25) is 5.02 Å². The van der Waals surface area contributed by atoms with E-state index < -0.39 is 5.54 Å². The average Bonchev–Trinajstić information content (AvgIpc) is 2.83. The number of nitrogens with zero attached hydrogens (tertiary/aromatic N) is 1. The molecular formula is C19H19ClN2O2. The zero-order valence-corrected chi connectivity index (χ0v) is 14.2. The Labute approximate surface area is 146 Å². The van der Waals surface area contributed by atoms with Crippen LogP contribution >= 0.6 is 11.6 Å². The first-order valence-corrected chi connectivity index (χ1v) is 8.38. The molecule has 1 aliphatic rings. The molecule has 0 aliphatic carbocycles. The largest absolute Gasteiger partial charge is 0.325 e. The molecule has 1 saturated heterocycles. The lowest BCUT2D eigenvalue weighted by atomic mass is 9.85. The summed E-state index contributed by atoms with van der Waals surface area (Å²) in [5, 5.41) is 3.55. The summed E-state index contributed by atoms with van der Waals surface area (Å²) in [6.45, 7) is 2.24. The molecule has 1 fully saturated rings. The minimum atomic E-state index is -0.973. The third kappa shape index (κ3) is 2.89. The summed E-state index contributed by atoms with van der Waals surface area (Å²) in [4.78, 5) is 26.9. The second-order valence-electron chi connectivity index (χ2n) is 5.97. The van der Waals surface area contributed by atoms with Gasteiger partial charge in [0.25, 0.3) is 5.91 Å². The summed E-state index contributed by atoms with van der Waals surface area (Å²) in [6.07, 6.45) is 1.36. The lowest BCUT2D eigenvalue weighted by Gasteiger charge is -2.27. The maximum Gasteiger partial charge on any atom is 0.325 e. The highest BCUT2D eigenvalue weighted by molar-refractivity contribution is 6.30. The number of urea groups is 1. The summed E-state index contributed by atoms with van der Waals surface area (Å²) >= 11 is 5.89. The Morgan fingerprint density at radius 1 is 1.04 bits per heavy atom. The Hall–Kier alpha value is -2.33. The fourth-order valence-electron chi connectivity index (χ4n) is 3.15. The van der Waals surface area contributed by atoms with Crippen LogP contribution in [0.3, 0.4) is 0 Å². The van der Waals surface area contributed by atoms with E-state index >= 15 is 0 Å². The van der Waals surface area contributed by atoms with Crippen molar-refractivity contribution in [3.63, 3.8) is 0 Å². The molecule has 24 heavy (non-hydrogen) atoms. The van der Waals surface area contributed by atoms with Crippen molar-refractivity contribution in [2.45, 2.75) is 31.8 Å². The molecule has 1 aliphatic heterocycles. The van der Waals surface area contributed by atoms with Gasteiger partial charge in [0.05, 0.1) is 6.54 Å². The fourth-order valence-corrected chi connectivity index (χ4v) is 3.28. The van der Waals surface area contributed by atoms with Gasteiger partial charge >= 0.3 is 6.03 Å². The smallest absolute Gasteiger partial charge is 0.319 e. The first-order valence-electron chi connectivity index (χ1n) is 8.01. The molecule has 5 heteroatoms. The van der Waals surface area contributed by atoms with Gasteiger partial charge in [0.15, 0.2) is 0 Å². The molecule has 4 nitrogen and oxygen atoms in total. The van der Waals surface area contributed by atoms with E-state index in [1.54, 1.807) is 12.1 Å². The summed E-state index contributed by atoms with van der Waals surface area (Å²) in [6, 6.07) is 16.2. The molecule has 0 aromatic heterocycles. The Morgan fingerprint density at radius 2 is 1.71 bits per heavy atom. The van der Waals surface area contributed by atoms with Crippen molar-refractivity contribution < 1.29 is 9.59 Å². The topological polar surface area (TPSA) is 49.4 Å². The van der Waals surface area contributed by atoms with E-state index in [0.29, 0.717) is 11.4 Å². The first kappa shape index (κ1) is 16.5. The molecule has 0 unspecified atom stereocenters. The van der Waals surface area contributed by atoms with Crippen LogP contribution < -0.4 is 5.32 Å². The molecule has 0 saturated carbocycles. The van der Waals surface area contributed by atoms with Crippen LogP contribution in [0.25, 0.3) is 0 Å². The number of carbonyl (C=O) groups is 2. The number of amides is 3. The van der Waals surface area contributed by atoms with E-state index in [4.69, 9.17) is 11.6 Å². The molecule has 1 heterocycles. The number of nitrogens with one attached hydrogen (secondary N) is 1. The average molecular weight is 343 g/mol. The highest BCUT2D eigenvalue weighted by Gasteiger charge is 2.51. The van der Waals surface area contributed by atoms with Gasteiger partial charge in [0, 0.05) is 5.02 Å². The van der Waals surface area contributed by atoms with Gasteiger partial charge in [0.1, 0.15) is 5.54 Å². The Balaban J connectivity index is 1.92. The molecular weight excluding hydrogens is 324 g/mol. The van der Waals surface area contributed by atoms with Crippen molar-refractivity contribution in [1.29, 1.82) is 0 Å². The van der Waals surface area contributed by atoms with Crippen LogP contribution in [0.4, 0.5) is 4.79 Å². The maximum atomic E-state index is 13.1. The lowest BCUT2D eigenvalue weighted by molar-refractivity contribution is -0.132.